The Kier molecular flexibility index (Phi) is 6.81. The number of hydrogen-bond acceptors (Lipinski definition) is 5. The molecule has 1 saturated heterocycles. The van der Waals surface area contributed by atoms with Crippen molar-refractivity contribution in [1.82, 2.24) is 10.2 Å². The second-order valence-electron chi connectivity index (χ2n) is 5.73. The van der Waals surface area contributed by atoms with E-state index in [1.54, 1.807) is 0 Å². The van der Waals surface area contributed by atoms with Gasteiger partial charge in [-0.25, -0.2) is 0 Å². The molecule has 140 valence electrons. The number of nitrogens with one attached hydrogen (secondary N) is 1. The van der Waals surface area contributed by atoms with Gasteiger partial charge < -0.3 is 24.4 Å². The Balaban J connectivity index is 2.37. The van der Waals surface area contributed by atoms with E-state index in [1.807, 2.05) is 11.8 Å². The van der Waals surface area contributed by atoms with Crippen molar-refractivity contribution in [3.63, 3.8) is 0 Å². The van der Waals surface area contributed by atoms with Crippen molar-refractivity contribution in [3.05, 3.63) is 17.7 Å². The quantitative estimate of drug-likeness (QED) is 0.774. The first-order valence-corrected chi connectivity index (χ1v) is 8.24. The minimum absolute atomic E-state index is 0.0315. The molecule has 0 aromatic heterocycles. The van der Waals surface area contributed by atoms with Gasteiger partial charge in [0.1, 0.15) is 0 Å². The number of halogens is 2. The van der Waals surface area contributed by atoms with E-state index in [1.165, 1.54) is 26.4 Å². The van der Waals surface area contributed by atoms with Gasteiger partial charge in [-0.05, 0) is 31.5 Å². The molecule has 1 fully saturated rings. The third-order valence-corrected chi connectivity index (χ3v) is 4.11. The molecule has 1 aromatic carbocycles. The summed E-state index contributed by atoms with van der Waals surface area (Å²) in [6.07, 6.45) is 1.70. The molecule has 1 N–H and O–H groups in total. The van der Waals surface area contributed by atoms with Gasteiger partial charge in [0.25, 0.3) is 5.91 Å². The van der Waals surface area contributed by atoms with E-state index in [0.717, 1.165) is 25.9 Å². The summed E-state index contributed by atoms with van der Waals surface area (Å²) in [7, 11) is 2.65. The lowest BCUT2D eigenvalue weighted by Gasteiger charge is -2.28. The molecule has 25 heavy (non-hydrogen) atoms. The monoisotopic (exact) mass is 358 g/mol. The largest absolute Gasteiger partial charge is 0.493 e. The smallest absolute Gasteiger partial charge is 0.387 e. The number of carbonyl (C=O) groups is 1. The normalized spacial score (nSPS) is 16.8. The van der Waals surface area contributed by atoms with E-state index in [0.29, 0.717) is 12.1 Å². The highest BCUT2D eigenvalue weighted by Gasteiger charge is 2.28. The average molecular weight is 358 g/mol. The summed E-state index contributed by atoms with van der Waals surface area (Å²) in [5, 5.41) is 3.25. The summed E-state index contributed by atoms with van der Waals surface area (Å²) in [6, 6.07) is 2.93. The van der Waals surface area contributed by atoms with E-state index >= 15 is 0 Å². The van der Waals surface area contributed by atoms with Crippen LogP contribution in [0, 0.1) is 0 Å². The fourth-order valence-electron chi connectivity index (χ4n) is 2.97. The Morgan fingerprint density at radius 1 is 1.32 bits per heavy atom. The molecule has 1 aliphatic rings. The van der Waals surface area contributed by atoms with Crippen molar-refractivity contribution < 1.29 is 27.8 Å². The predicted molar refractivity (Wildman–Crippen MR) is 88.8 cm³/mol. The van der Waals surface area contributed by atoms with Gasteiger partial charge in [-0.3, -0.25) is 4.79 Å². The number of ether oxygens (including phenoxy) is 3. The third-order valence-electron chi connectivity index (χ3n) is 4.11. The van der Waals surface area contributed by atoms with Crippen LogP contribution in [-0.2, 0) is 0 Å². The van der Waals surface area contributed by atoms with Crippen molar-refractivity contribution in [2.75, 3.05) is 33.9 Å². The van der Waals surface area contributed by atoms with Crippen LogP contribution in [0.4, 0.5) is 8.78 Å². The first kappa shape index (κ1) is 19.2. The zero-order valence-electron chi connectivity index (χ0n) is 14.7. The second kappa shape index (κ2) is 8.84. The molecule has 0 aliphatic carbocycles. The number of carbonyl (C=O) groups excluding carboxylic acids is 1. The molecular formula is C17H24F2N2O4. The minimum atomic E-state index is -3.02. The van der Waals surface area contributed by atoms with Gasteiger partial charge in [0.2, 0.25) is 5.75 Å². The van der Waals surface area contributed by atoms with E-state index in [-0.39, 0.29) is 29.2 Å². The van der Waals surface area contributed by atoms with E-state index in [9.17, 15) is 13.6 Å². The molecule has 1 atom stereocenters. The maximum atomic E-state index is 13.0. The molecule has 6 nitrogen and oxygen atoms in total. The molecular weight excluding hydrogens is 334 g/mol. The van der Waals surface area contributed by atoms with Crippen LogP contribution in [0.5, 0.6) is 17.2 Å². The van der Waals surface area contributed by atoms with Crippen LogP contribution in [0.15, 0.2) is 12.1 Å². The Morgan fingerprint density at radius 3 is 2.40 bits per heavy atom. The first-order valence-electron chi connectivity index (χ1n) is 8.24. The Hall–Kier alpha value is -2.09. The lowest BCUT2D eigenvalue weighted by atomic mass is 10.1. The summed E-state index contributed by atoms with van der Waals surface area (Å²) in [5.41, 5.74) is 0.315. The van der Waals surface area contributed by atoms with Gasteiger partial charge in [0.05, 0.1) is 14.2 Å². The molecule has 2 rings (SSSR count). The molecule has 1 aliphatic heterocycles. The van der Waals surface area contributed by atoms with Gasteiger partial charge in [-0.2, -0.15) is 8.78 Å². The number of rotatable bonds is 8. The molecule has 1 aromatic rings. The summed E-state index contributed by atoms with van der Waals surface area (Å²) < 4.78 is 40.0. The Labute approximate surface area is 146 Å². The predicted octanol–water partition coefficient (Wildman–Crippen LogP) is 2.52. The van der Waals surface area contributed by atoms with Crippen molar-refractivity contribution in [1.29, 1.82) is 0 Å². The van der Waals surface area contributed by atoms with Crippen molar-refractivity contribution in [3.8, 4) is 17.2 Å². The zero-order chi connectivity index (χ0) is 18.4. The number of amides is 1. The van der Waals surface area contributed by atoms with E-state index < -0.39 is 6.61 Å². The molecule has 0 radical (unpaired) electrons. The third kappa shape index (κ3) is 4.50. The maximum Gasteiger partial charge on any atom is 0.387 e. The number of benzene rings is 1. The van der Waals surface area contributed by atoms with Gasteiger partial charge in [0.15, 0.2) is 11.5 Å². The molecule has 0 spiro atoms. The standard InChI is InChI=1S/C17H24F2N2O4/c1-4-7-21(12-5-6-20-10-12)16(22)11-8-13(23-2)15(25-17(18)19)14(9-11)24-3/h8-9,12,17,20H,4-7,10H2,1-3H3. The van der Waals surface area contributed by atoms with Gasteiger partial charge in [-0.1, -0.05) is 6.92 Å². The lowest BCUT2D eigenvalue weighted by molar-refractivity contribution is -0.0526. The molecule has 0 saturated carbocycles. The average Bonchev–Trinajstić information content (AvgIpc) is 3.12. The van der Waals surface area contributed by atoms with Crippen LogP contribution in [-0.4, -0.2) is 57.3 Å². The van der Waals surface area contributed by atoms with Crippen molar-refractivity contribution in [2.45, 2.75) is 32.4 Å². The topological polar surface area (TPSA) is 60.0 Å². The van der Waals surface area contributed by atoms with Crippen LogP contribution in [0.2, 0.25) is 0 Å². The SMILES string of the molecule is CCCN(C(=O)c1cc(OC)c(OC(F)F)c(OC)c1)C1CCNC1. The summed E-state index contributed by atoms with van der Waals surface area (Å²) in [4.78, 5) is 14.8. The first-order chi connectivity index (χ1) is 12.0. The second-order valence-corrected chi connectivity index (χ2v) is 5.73. The number of nitrogens with zero attached hydrogens (tertiary/aromatic N) is 1. The minimum Gasteiger partial charge on any atom is -0.493 e. The number of alkyl halides is 2. The van der Waals surface area contributed by atoms with Crippen LogP contribution in [0.3, 0.4) is 0 Å². The van der Waals surface area contributed by atoms with Crippen molar-refractivity contribution in [2.24, 2.45) is 0 Å². The number of methoxy groups -OCH3 is 2. The van der Waals surface area contributed by atoms with E-state index in [2.05, 4.69) is 10.1 Å². The van der Waals surface area contributed by atoms with Crippen LogP contribution in [0.1, 0.15) is 30.1 Å². The van der Waals surface area contributed by atoms with Gasteiger partial charge in [0, 0.05) is 24.7 Å². The number of hydrogen-bond donors (Lipinski definition) is 1. The van der Waals surface area contributed by atoms with Crippen LogP contribution >= 0.6 is 0 Å². The molecule has 0 bridgehead atoms. The summed E-state index contributed by atoms with van der Waals surface area (Å²) in [6.45, 7) is 1.21. The molecule has 8 heteroatoms. The fraction of sp³-hybridized carbons (Fsp3) is 0.588. The lowest BCUT2D eigenvalue weighted by Crippen LogP contribution is -2.42. The van der Waals surface area contributed by atoms with E-state index in [4.69, 9.17) is 9.47 Å². The van der Waals surface area contributed by atoms with Crippen LogP contribution in [0.25, 0.3) is 0 Å². The fourth-order valence-corrected chi connectivity index (χ4v) is 2.97. The van der Waals surface area contributed by atoms with Crippen molar-refractivity contribution >= 4 is 5.91 Å². The highest BCUT2D eigenvalue weighted by molar-refractivity contribution is 5.96. The highest BCUT2D eigenvalue weighted by atomic mass is 19.3. The highest BCUT2D eigenvalue weighted by Crippen LogP contribution is 2.40. The maximum absolute atomic E-state index is 13.0. The Bertz CT molecular complexity index is 567. The van der Waals surface area contributed by atoms with Gasteiger partial charge in [-0.15, -0.1) is 0 Å². The molecule has 1 unspecified atom stereocenters. The zero-order valence-corrected chi connectivity index (χ0v) is 14.7. The molecule has 1 amide bonds. The summed E-state index contributed by atoms with van der Waals surface area (Å²) in [5.74, 6) is -0.343. The van der Waals surface area contributed by atoms with Crippen LogP contribution < -0.4 is 19.5 Å². The molecule has 1 heterocycles. The Morgan fingerprint density at radius 2 is 1.96 bits per heavy atom. The van der Waals surface area contributed by atoms with Gasteiger partial charge >= 0.3 is 6.61 Å². The summed E-state index contributed by atoms with van der Waals surface area (Å²) >= 11 is 0.